The van der Waals surface area contributed by atoms with E-state index in [-0.39, 0.29) is 35.9 Å². The summed E-state index contributed by atoms with van der Waals surface area (Å²) >= 11 is 0. The van der Waals surface area contributed by atoms with Gasteiger partial charge in [0, 0.05) is 68.9 Å². The number of alkyl halides is 1. The molecule has 0 saturated carbocycles. The summed E-state index contributed by atoms with van der Waals surface area (Å²) < 4.78 is 47.7. The highest BCUT2D eigenvalue weighted by molar-refractivity contribution is 6.07. The average molecular weight is 789 g/mol. The van der Waals surface area contributed by atoms with Gasteiger partial charge in [-0.05, 0) is 105 Å². The van der Waals surface area contributed by atoms with Gasteiger partial charge >= 0.3 is 6.03 Å². The van der Waals surface area contributed by atoms with Crippen LogP contribution in [0, 0.1) is 30.4 Å². The van der Waals surface area contributed by atoms with Crippen molar-refractivity contribution in [3.8, 4) is 35.5 Å². The molecule has 2 N–H and O–H groups in total. The molecular weight excluding hydrogens is 741 g/mol. The molecule has 4 amide bonds. The van der Waals surface area contributed by atoms with Crippen LogP contribution in [0.5, 0.6) is 11.5 Å². The molecule has 0 spiro atoms. The number of terminal acetylenes is 1. The summed E-state index contributed by atoms with van der Waals surface area (Å²) in [7, 11) is 1.51. The average Bonchev–Trinajstić information content (AvgIpc) is 3.23. The number of aromatic hydroxyl groups is 1. The zero-order valence-electron chi connectivity index (χ0n) is 32.1. The van der Waals surface area contributed by atoms with Gasteiger partial charge in [0.1, 0.15) is 11.9 Å². The number of methoxy groups -OCH3 is 1. The summed E-state index contributed by atoms with van der Waals surface area (Å²) in [6.07, 6.45) is 16.6. The summed E-state index contributed by atoms with van der Waals surface area (Å²) in [5.41, 5.74) is 1.50. The summed E-state index contributed by atoms with van der Waals surface area (Å²) in [6.45, 7) is 6.31. The molecule has 3 fully saturated rings. The number of aromatic nitrogens is 2. The first-order valence-electron chi connectivity index (χ1n) is 18.9. The first kappa shape index (κ1) is 42.3. The number of fused-ring (bicyclic) bond motifs is 1. The number of pyridine rings is 2. The molecule has 3 aliphatic rings. The first-order chi connectivity index (χ1) is 27.5. The van der Waals surface area contributed by atoms with Crippen LogP contribution in [0.4, 0.5) is 23.7 Å². The number of rotatable bonds is 8. The van der Waals surface area contributed by atoms with Gasteiger partial charge in [0.15, 0.2) is 17.4 Å². The normalized spacial score (nSPS) is 17.6. The number of anilines is 1. The molecule has 0 aliphatic carbocycles. The van der Waals surface area contributed by atoms with Crippen molar-refractivity contribution in [3.05, 3.63) is 82.5 Å². The van der Waals surface area contributed by atoms with Crippen LogP contribution in [0.25, 0.3) is 21.9 Å². The van der Waals surface area contributed by atoms with E-state index in [9.17, 15) is 37.5 Å². The Morgan fingerprint density at radius 2 is 1.72 bits per heavy atom. The number of likely N-dealkylation sites (tertiary alicyclic amines) is 2. The monoisotopic (exact) mass is 788 g/mol. The third-order valence-corrected chi connectivity index (χ3v) is 10.5. The second-order valence-corrected chi connectivity index (χ2v) is 14.0. The van der Waals surface area contributed by atoms with Gasteiger partial charge in [-0.3, -0.25) is 29.6 Å². The Morgan fingerprint density at radius 1 is 1.00 bits per heavy atom. The number of amides is 4. The maximum absolute atomic E-state index is 13.6. The highest BCUT2D eigenvalue weighted by atomic mass is 19.1. The Balaban J connectivity index is 0.000000224. The topological polar surface area (TPSA) is 137 Å². The molecule has 5 heterocycles. The number of carbonyl (C=O) groups excluding carboxylic acids is 3. The molecule has 2 aromatic heterocycles. The lowest BCUT2D eigenvalue weighted by Crippen LogP contribution is -2.49. The molecule has 4 aromatic rings. The van der Waals surface area contributed by atoms with Gasteiger partial charge in [0.05, 0.1) is 18.2 Å². The number of benzene rings is 2. The molecular formula is C42H47F3N6O6. The Kier molecular flexibility index (Phi) is 14.3. The van der Waals surface area contributed by atoms with Gasteiger partial charge in [0.2, 0.25) is 5.91 Å². The van der Waals surface area contributed by atoms with Crippen LogP contribution in [-0.4, -0.2) is 94.9 Å². The minimum atomic E-state index is -1.05. The van der Waals surface area contributed by atoms with Crippen molar-refractivity contribution in [1.82, 2.24) is 24.7 Å². The zero-order valence-corrected chi connectivity index (χ0v) is 32.1. The van der Waals surface area contributed by atoms with E-state index in [0.29, 0.717) is 71.9 Å². The van der Waals surface area contributed by atoms with Gasteiger partial charge < -0.3 is 24.2 Å². The maximum Gasteiger partial charge on any atom is 0.328 e. The van der Waals surface area contributed by atoms with Crippen molar-refractivity contribution in [1.29, 1.82) is 0 Å². The fraction of sp³-hybridized carbons (Fsp3) is 0.405. The third kappa shape index (κ3) is 9.93. The van der Waals surface area contributed by atoms with E-state index in [1.807, 2.05) is 4.90 Å². The summed E-state index contributed by atoms with van der Waals surface area (Å²) in [4.78, 5) is 58.7. The summed E-state index contributed by atoms with van der Waals surface area (Å²) in [5, 5.41) is 12.4. The quantitative estimate of drug-likeness (QED) is 0.204. The minimum absolute atomic E-state index is 0.0675. The van der Waals surface area contributed by atoms with Gasteiger partial charge in [-0.2, -0.15) is 0 Å². The van der Waals surface area contributed by atoms with Crippen LogP contribution >= 0.6 is 0 Å². The van der Waals surface area contributed by atoms with Gasteiger partial charge in [0.25, 0.3) is 11.5 Å². The first-order valence-corrected chi connectivity index (χ1v) is 18.9. The fourth-order valence-corrected chi connectivity index (χ4v) is 7.43. The van der Waals surface area contributed by atoms with Crippen molar-refractivity contribution in [2.75, 3.05) is 51.3 Å². The van der Waals surface area contributed by atoms with Gasteiger partial charge in [-0.15, -0.1) is 12.8 Å². The van der Waals surface area contributed by atoms with Crippen LogP contribution in [0.2, 0.25) is 0 Å². The maximum atomic E-state index is 13.6. The van der Waals surface area contributed by atoms with Gasteiger partial charge in [-0.1, -0.05) is 0 Å². The number of halogens is 3. The summed E-state index contributed by atoms with van der Waals surface area (Å²) in [6, 6.07) is 8.27. The molecule has 2 aromatic carbocycles. The lowest BCUT2D eigenvalue weighted by atomic mass is 9.92. The Morgan fingerprint density at radius 3 is 2.37 bits per heavy atom. The number of nitrogens with zero attached hydrogens (tertiary/aromatic N) is 5. The van der Waals surface area contributed by atoms with Crippen molar-refractivity contribution in [2.45, 2.75) is 58.2 Å². The standard InChI is InChI=1S/C24H33FN4O4.C16H12F2N2O2.C2H2/c1-33-21-5-4-18(15-20(21)29-14-9-22(30)26-24(29)32)23(31)28-12-7-17(8-13-28)6-11-27-10-2-3-19(25)16-27;1-2-20-8-12(9-5-13(17)15(21)14(18)6-9)10-3-4-19-7-11(10)16(20)22;1-2/h4-5,15,17,19H,2-3,6-14,16H2,1H3,(H,26,30,32);3-8,21H,2H2,1H3;1-2H/t19-;;/m0../s1. The van der Waals surface area contributed by atoms with E-state index in [0.717, 1.165) is 50.9 Å². The second-order valence-electron chi connectivity index (χ2n) is 14.0. The summed E-state index contributed by atoms with van der Waals surface area (Å²) in [5.74, 6) is -2.47. The molecule has 0 unspecified atom stereocenters. The molecule has 3 saturated heterocycles. The van der Waals surface area contributed by atoms with Crippen LogP contribution < -0.4 is 20.5 Å². The van der Waals surface area contributed by atoms with E-state index in [4.69, 9.17) is 4.74 Å². The van der Waals surface area contributed by atoms with Crippen LogP contribution in [0.3, 0.4) is 0 Å². The van der Waals surface area contributed by atoms with Crippen molar-refractivity contribution < 1.29 is 37.4 Å². The van der Waals surface area contributed by atoms with E-state index in [1.165, 1.54) is 29.0 Å². The molecule has 1 atom stereocenters. The fourth-order valence-electron chi connectivity index (χ4n) is 7.43. The van der Waals surface area contributed by atoms with Crippen LogP contribution in [-0.2, 0) is 11.3 Å². The van der Waals surface area contributed by atoms with Gasteiger partial charge in [-0.25, -0.2) is 18.0 Å². The Hall–Kier alpha value is -5.88. The van der Waals surface area contributed by atoms with E-state index in [1.54, 1.807) is 37.4 Å². The number of phenolic OH excluding ortho intramolecular Hbond substituents is 1. The SMILES string of the molecule is C#C.CCn1cc(-c2cc(F)c(O)c(F)c2)c2ccncc2c1=O.COc1ccc(C(=O)N2CCC(CCN3CCC[C@H](F)C3)CC2)cc1N1CCC(=O)NC1=O. The van der Waals surface area contributed by atoms with Crippen molar-refractivity contribution >= 4 is 34.3 Å². The third-order valence-electron chi connectivity index (χ3n) is 10.5. The van der Waals surface area contributed by atoms with E-state index >= 15 is 0 Å². The number of carbonyl (C=O) groups is 3. The number of piperidine rings is 2. The lowest BCUT2D eigenvalue weighted by Gasteiger charge is -2.34. The second kappa shape index (κ2) is 19.3. The lowest BCUT2D eigenvalue weighted by molar-refractivity contribution is -0.120. The van der Waals surface area contributed by atoms with Crippen molar-refractivity contribution in [3.63, 3.8) is 0 Å². The molecule has 15 heteroatoms. The highest BCUT2D eigenvalue weighted by Gasteiger charge is 2.29. The predicted molar refractivity (Wildman–Crippen MR) is 211 cm³/mol. The highest BCUT2D eigenvalue weighted by Crippen LogP contribution is 2.33. The number of imide groups is 1. The number of aryl methyl sites for hydroxylation is 1. The van der Waals surface area contributed by atoms with Crippen LogP contribution in [0.15, 0.2) is 59.8 Å². The number of nitrogens with one attached hydrogen (secondary N) is 1. The Labute approximate surface area is 329 Å². The predicted octanol–water partition coefficient (Wildman–Crippen LogP) is 6.13. The molecule has 12 nitrogen and oxygen atoms in total. The molecule has 0 bridgehead atoms. The molecule has 57 heavy (non-hydrogen) atoms. The number of ether oxygens (including phenoxy) is 1. The number of hydrogen-bond acceptors (Lipinski definition) is 8. The molecule has 302 valence electrons. The molecule has 3 aliphatic heterocycles. The molecule has 7 rings (SSSR count). The van der Waals surface area contributed by atoms with E-state index in [2.05, 4.69) is 28.0 Å². The largest absolute Gasteiger partial charge is 0.503 e. The molecule has 0 radical (unpaired) electrons. The number of hydrogen-bond donors (Lipinski definition) is 2. The van der Waals surface area contributed by atoms with Crippen molar-refractivity contribution in [2.24, 2.45) is 5.92 Å². The number of urea groups is 1. The Bertz CT molecular complexity index is 2150. The van der Waals surface area contributed by atoms with Crippen LogP contribution in [0.1, 0.15) is 55.8 Å². The zero-order chi connectivity index (χ0) is 41.2. The smallest absolute Gasteiger partial charge is 0.328 e. The minimum Gasteiger partial charge on any atom is -0.503 e. The van der Waals surface area contributed by atoms with E-state index < -0.39 is 29.6 Å². The number of phenols is 1.